The van der Waals surface area contributed by atoms with Crippen LogP contribution in [0.25, 0.3) is 17.4 Å². The number of nitro groups is 1. The van der Waals surface area contributed by atoms with Gasteiger partial charge in [-0.3, -0.25) is 14.9 Å². The zero-order chi connectivity index (χ0) is 18.8. The standard InChI is InChI=1S/C19H17N3O4S/c23-18-17(27-19(20-18)21-9-2-1-3-10-21)12-15-7-8-16(26-15)13-5-4-6-14(11-13)22(24)25/h4-8,11-12H,1-3,9-10H2/b17-12-. The first kappa shape index (κ1) is 17.5. The summed E-state index contributed by atoms with van der Waals surface area (Å²) in [6, 6.07) is 9.74. The topological polar surface area (TPSA) is 89.0 Å². The number of amidine groups is 1. The molecule has 0 atom stereocenters. The van der Waals surface area contributed by atoms with Crippen LogP contribution in [0.2, 0.25) is 0 Å². The van der Waals surface area contributed by atoms with Gasteiger partial charge in [0, 0.05) is 36.9 Å². The van der Waals surface area contributed by atoms with E-state index in [0.717, 1.165) is 31.1 Å². The lowest BCUT2D eigenvalue weighted by atomic mass is 10.1. The molecule has 0 radical (unpaired) electrons. The lowest BCUT2D eigenvalue weighted by molar-refractivity contribution is -0.384. The van der Waals surface area contributed by atoms with Crippen LogP contribution < -0.4 is 0 Å². The number of hydrogen-bond acceptors (Lipinski definition) is 6. The third kappa shape index (κ3) is 3.80. The van der Waals surface area contributed by atoms with Crippen molar-refractivity contribution in [2.75, 3.05) is 13.1 Å². The van der Waals surface area contributed by atoms with Crippen molar-refractivity contribution in [3.63, 3.8) is 0 Å². The number of furan rings is 1. The molecule has 3 heterocycles. The number of amides is 1. The molecule has 27 heavy (non-hydrogen) atoms. The van der Waals surface area contributed by atoms with Crippen molar-refractivity contribution in [3.8, 4) is 11.3 Å². The number of nitro benzene ring substituents is 1. The number of aliphatic imine (C=N–C) groups is 1. The van der Waals surface area contributed by atoms with Crippen LogP contribution in [-0.2, 0) is 4.79 Å². The van der Waals surface area contributed by atoms with Gasteiger partial charge in [0.05, 0.1) is 9.83 Å². The molecule has 1 saturated heterocycles. The lowest BCUT2D eigenvalue weighted by Gasteiger charge is -2.27. The maximum atomic E-state index is 12.2. The first-order valence-electron chi connectivity index (χ1n) is 8.72. The van der Waals surface area contributed by atoms with Crippen LogP contribution in [0, 0.1) is 10.1 Å². The molecule has 2 aliphatic rings. The molecule has 4 rings (SSSR count). The molecule has 0 N–H and O–H groups in total. The highest BCUT2D eigenvalue weighted by molar-refractivity contribution is 8.18. The van der Waals surface area contributed by atoms with E-state index in [9.17, 15) is 14.9 Å². The van der Waals surface area contributed by atoms with Gasteiger partial charge in [0.15, 0.2) is 5.17 Å². The molecular formula is C19H17N3O4S. The molecule has 7 nitrogen and oxygen atoms in total. The summed E-state index contributed by atoms with van der Waals surface area (Å²) < 4.78 is 5.77. The quantitative estimate of drug-likeness (QED) is 0.446. The van der Waals surface area contributed by atoms with E-state index in [-0.39, 0.29) is 11.6 Å². The number of piperidine rings is 1. The monoisotopic (exact) mass is 383 g/mol. The molecule has 1 aromatic heterocycles. The van der Waals surface area contributed by atoms with Crippen LogP contribution in [0.15, 0.2) is 50.7 Å². The Labute approximate surface area is 159 Å². The molecule has 0 aliphatic carbocycles. The fourth-order valence-electron chi connectivity index (χ4n) is 3.11. The molecule has 1 amide bonds. The molecule has 138 valence electrons. The molecule has 0 spiro atoms. The maximum Gasteiger partial charge on any atom is 0.286 e. The van der Waals surface area contributed by atoms with Crippen molar-refractivity contribution in [1.82, 2.24) is 4.90 Å². The molecule has 1 fully saturated rings. The summed E-state index contributed by atoms with van der Waals surface area (Å²) in [5, 5.41) is 11.7. The van der Waals surface area contributed by atoms with E-state index in [1.54, 1.807) is 30.3 Å². The zero-order valence-corrected chi connectivity index (χ0v) is 15.3. The number of rotatable bonds is 3. The molecule has 0 bridgehead atoms. The van der Waals surface area contributed by atoms with Crippen LogP contribution in [0.1, 0.15) is 25.0 Å². The van der Waals surface area contributed by atoms with Crippen molar-refractivity contribution >= 4 is 34.6 Å². The van der Waals surface area contributed by atoms with E-state index >= 15 is 0 Å². The summed E-state index contributed by atoms with van der Waals surface area (Å²) in [7, 11) is 0. The van der Waals surface area contributed by atoms with E-state index < -0.39 is 4.92 Å². The Balaban J connectivity index is 1.52. The van der Waals surface area contributed by atoms with Crippen LogP contribution in [0.3, 0.4) is 0 Å². The van der Waals surface area contributed by atoms with Crippen molar-refractivity contribution in [2.24, 2.45) is 4.99 Å². The number of likely N-dealkylation sites (tertiary alicyclic amines) is 1. The van der Waals surface area contributed by atoms with Crippen molar-refractivity contribution in [1.29, 1.82) is 0 Å². The Kier molecular flexibility index (Phi) is 4.81. The van der Waals surface area contributed by atoms with Gasteiger partial charge in [0.25, 0.3) is 11.6 Å². The molecule has 2 aliphatic heterocycles. The molecule has 8 heteroatoms. The van der Waals surface area contributed by atoms with Crippen LogP contribution in [-0.4, -0.2) is 34.0 Å². The van der Waals surface area contributed by atoms with E-state index in [4.69, 9.17) is 4.42 Å². The van der Waals surface area contributed by atoms with Crippen LogP contribution in [0.5, 0.6) is 0 Å². The minimum absolute atomic E-state index is 0.00454. The average molecular weight is 383 g/mol. The maximum absolute atomic E-state index is 12.2. The van der Waals surface area contributed by atoms with E-state index in [2.05, 4.69) is 9.89 Å². The fraction of sp³-hybridized carbons (Fsp3) is 0.263. The highest BCUT2D eigenvalue weighted by atomic mass is 32.2. The van der Waals surface area contributed by atoms with Gasteiger partial charge in [-0.2, -0.15) is 4.99 Å². The van der Waals surface area contributed by atoms with Gasteiger partial charge >= 0.3 is 0 Å². The average Bonchev–Trinajstić information content (AvgIpc) is 3.30. The van der Waals surface area contributed by atoms with Gasteiger partial charge in [-0.1, -0.05) is 12.1 Å². The van der Waals surface area contributed by atoms with Gasteiger partial charge in [-0.05, 0) is 43.2 Å². The van der Waals surface area contributed by atoms with E-state index in [0.29, 0.717) is 22.0 Å². The SMILES string of the molecule is O=C1N=C(N2CCCCC2)S/C1=C\c1ccc(-c2cccc([N+](=O)[O-])c2)o1. The highest BCUT2D eigenvalue weighted by Crippen LogP contribution is 2.33. The number of hydrogen-bond donors (Lipinski definition) is 0. The normalized spacial score (nSPS) is 18.8. The Morgan fingerprint density at radius 3 is 2.78 bits per heavy atom. The largest absolute Gasteiger partial charge is 0.457 e. The third-order valence-corrected chi connectivity index (χ3v) is 5.52. The summed E-state index contributed by atoms with van der Waals surface area (Å²) >= 11 is 1.37. The zero-order valence-electron chi connectivity index (χ0n) is 14.5. The second-order valence-corrected chi connectivity index (χ2v) is 7.38. The highest BCUT2D eigenvalue weighted by Gasteiger charge is 2.27. The summed E-state index contributed by atoms with van der Waals surface area (Å²) in [5.74, 6) is 0.773. The number of nitrogens with zero attached hydrogens (tertiary/aromatic N) is 3. The van der Waals surface area contributed by atoms with Crippen LogP contribution in [0.4, 0.5) is 5.69 Å². The van der Waals surface area contributed by atoms with Crippen molar-refractivity contribution < 1.29 is 14.1 Å². The Bertz CT molecular complexity index is 957. The molecule has 1 aromatic carbocycles. The smallest absolute Gasteiger partial charge is 0.286 e. The van der Waals surface area contributed by atoms with Gasteiger partial charge in [0.1, 0.15) is 11.5 Å². The lowest BCUT2D eigenvalue weighted by Crippen LogP contribution is -2.33. The predicted octanol–water partition coefficient (Wildman–Crippen LogP) is 4.31. The van der Waals surface area contributed by atoms with Crippen LogP contribution >= 0.6 is 11.8 Å². The number of benzene rings is 1. The first-order chi connectivity index (χ1) is 13.1. The molecular weight excluding hydrogens is 366 g/mol. The Morgan fingerprint density at radius 1 is 1.19 bits per heavy atom. The van der Waals surface area contributed by atoms with Crippen molar-refractivity contribution in [2.45, 2.75) is 19.3 Å². The minimum Gasteiger partial charge on any atom is -0.457 e. The molecule has 0 saturated carbocycles. The summed E-state index contributed by atoms with van der Waals surface area (Å²) in [4.78, 5) is 29.5. The number of thioether (sulfide) groups is 1. The second kappa shape index (κ2) is 7.40. The summed E-state index contributed by atoms with van der Waals surface area (Å²) in [6.07, 6.45) is 5.14. The van der Waals surface area contributed by atoms with Gasteiger partial charge < -0.3 is 9.32 Å². The Hall–Kier alpha value is -2.87. The minimum atomic E-state index is -0.442. The van der Waals surface area contributed by atoms with E-state index in [1.807, 2.05) is 0 Å². The number of carbonyl (C=O) groups excluding carboxylic acids is 1. The summed E-state index contributed by atoms with van der Waals surface area (Å²) in [6.45, 7) is 1.87. The van der Waals surface area contributed by atoms with E-state index in [1.165, 1.54) is 30.3 Å². The first-order valence-corrected chi connectivity index (χ1v) is 9.54. The second-order valence-electron chi connectivity index (χ2n) is 6.37. The number of non-ortho nitro benzene ring substituents is 1. The fourth-order valence-corrected chi connectivity index (χ4v) is 4.05. The van der Waals surface area contributed by atoms with Gasteiger partial charge in [0.2, 0.25) is 0 Å². The van der Waals surface area contributed by atoms with Gasteiger partial charge in [-0.25, -0.2) is 0 Å². The van der Waals surface area contributed by atoms with Crippen molar-refractivity contribution in [3.05, 3.63) is 57.2 Å². The number of carbonyl (C=O) groups is 1. The summed E-state index contributed by atoms with van der Waals surface area (Å²) in [5.41, 5.74) is 0.620. The molecule has 0 unspecified atom stereocenters. The Morgan fingerprint density at radius 2 is 2.00 bits per heavy atom. The predicted molar refractivity (Wildman–Crippen MR) is 104 cm³/mol. The molecule has 2 aromatic rings. The third-order valence-electron chi connectivity index (χ3n) is 4.48. The van der Waals surface area contributed by atoms with Gasteiger partial charge in [-0.15, -0.1) is 0 Å².